The van der Waals surface area contributed by atoms with Crippen molar-refractivity contribution in [3.8, 4) is 5.75 Å². The van der Waals surface area contributed by atoms with Crippen LogP contribution in [-0.4, -0.2) is 37.9 Å². The highest BCUT2D eigenvalue weighted by Crippen LogP contribution is 2.22. The van der Waals surface area contributed by atoms with Gasteiger partial charge in [0.25, 0.3) is 0 Å². The van der Waals surface area contributed by atoms with E-state index >= 15 is 0 Å². The van der Waals surface area contributed by atoms with Gasteiger partial charge in [-0.1, -0.05) is 5.16 Å². The molecule has 3 aromatic rings. The van der Waals surface area contributed by atoms with E-state index in [4.69, 9.17) is 9.26 Å². The molecule has 0 amide bonds. The molecule has 1 aromatic carbocycles. The Kier molecular flexibility index (Phi) is 3.96. The molecule has 2 aromatic heterocycles. The molecular weight excluding hydrogens is 313 g/mol. The third-order valence-electron chi connectivity index (χ3n) is 3.89. The normalized spacial score (nSPS) is 15.4. The van der Waals surface area contributed by atoms with Crippen LogP contribution < -0.4 is 4.74 Å². The van der Waals surface area contributed by atoms with Crippen molar-refractivity contribution in [3.05, 3.63) is 60.3 Å². The van der Waals surface area contributed by atoms with Crippen LogP contribution in [-0.2, 0) is 13.2 Å². The van der Waals surface area contributed by atoms with E-state index < -0.39 is 0 Å². The summed E-state index contributed by atoms with van der Waals surface area (Å²) >= 11 is 0. The largest absolute Gasteiger partial charge is 0.485 e. The number of rotatable bonds is 6. The second-order valence-corrected chi connectivity index (χ2v) is 5.68. The quantitative estimate of drug-likeness (QED) is 0.689. The minimum Gasteiger partial charge on any atom is -0.485 e. The zero-order valence-electron chi connectivity index (χ0n) is 12.9. The van der Waals surface area contributed by atoms with E-state index in [0.717, 1.165) is 13.1 Å². The molecule has 8 heteroatoms. The Bertz CT molecular complexity index is 781. The molecule has 0 atom stereocenters. The Balaban J connectivity index is 1.26. The van der Waals surface area contributed by atoms with Gasteiger partial charge in [0.1, 0.15) is 11.6 Å². The number of benzene rings is 1. The van der Waals surface area contributed by atoms with Gasteiger partial charge in [-0.3, -0.25) is 9.58 Å². The second-order valence-electron chi connectivity index (χ2n) is 5.68. The number of ether oxygens (including phenoxy) is 1. The molecule has 0 saturated carbocycles. The number of hydrogen-bond acceptors (Lipinski definition) is 6. The summed E-state index contributed by atoms with van der Waals surface area (Å²) in [5.41, 5.74) is 0. The van der Waals surface area contributed by atoms with Gasteiger partial charge in [0, 0.05) is 25.5 Å². The highest BCUT2D eigenvalue weighted by Gasteiger charge is 2.29. The average molecular weight is 329 g/mol. The molecule has 1 saturated heterocycles. The van der Waals surface area contributed by atoms with Crippen molar-refractivity contribution in [1.29, 1.82) is 0 Å². The first kappa shape index (κ1) is 14.8. The lowest BCUT2D eigenvalue weighted by atomic mass is 10.1. The lowest BCUT2D eigenvalue weighted by molar-refractivity contribution is 0.0790. The van der Waals surface area contributed by atoms with Crippen LogP contribution in [0.15, 0.2) is 47.2 Å². The van der Waals surface area contributed by atoms with Crippen molar-refractivity contribution in [2.45, 2.75) is 19.2 Å². The maximum absolute atomic E-state index is 12.8. The van der Waals surface area contributed by atoms with Crippen LogP contribution in [0.25, 0.3) is 0 Å². The predicted octanol–water partition coefficient (Wildman–Crippen LogP) is 2.04. The highest BCUT2D eigenvalue weighted by atomic mass is 19.1. The van der Waals surface area contributed by atoms with Crippen molar-refractivity contribution in [3.63, 3.8) is 0 Å². The fourth-order valence-corrected chi connectivity index (χ4v) is 2.62. The van der Waals surface area contributed by atoms with Gasteiger partial charge in [-0.2, -0.15) is 10.1 Å². The number of likely N-dealkylation sites (tertiary alicyclic amines) is 1. The Morgan fingerprint density at radius 1 is 1.25 bits per heavy atom. The summed E-state index contributed by atoms with van der Waals surface area (Å²) in [6.07, 6.45) is 3.76. The van der Waals surface area contributed by atoms with E-state index in [1.165, 1.54) is 12.1 Å². The summed E-state index contributed by atoms with van der Waals surface area (Å²) in [4.78, 5) is 6.52. The number of nitrogens with zero attached hydrogens (tertiary/aromatic N) is 5. The van der Waals surface area contributed by atoms with E-state index in [0.29, 0.717) is 30.1 Å². The fraction of sp³-hybridized carbons (Fsp3) is 0.312. The van der Waals surface area contributed by atoms with Gasteiger partial charge < -0.3 is 9.26 Å². The molecule has 3 heterocycles. The Morgan fingerprint density at radius 2 is 2.08 bits per heavy atom. The molecule has 0 bridgehead atoms. The van der Waals surface area contributed by atoms with Crippen LogP contribution in [0.4, 0.5) is 4.39 Å². The molecule has 7 nitrogen and oxygen atoms in total. The molecule has 0 radical (unpaired) electrons. The van der Waals surface area contributed by atoms with Gasteiger partial charge in [-0.05, 0) is 30.3 Å². The second kappa shape index (κ2) is 6.40. The van der Waals surface area contributed by atoms with Crippen molar-refractivity contribution in [2.24, 2.45) is 0 Å². The summed E-state index contributed by atoms with van der Waals surface area (Å²) in [5.74, 6) is 1.30. The SMILES string of the molecule is Fc1ccc(OCc2noc(CN3CC(n4cccn4)C3)n2)cc1. The zero-order chi connectivity index (χ0) is 16.4. The number of hydrogen-bond donors (Lipinski definition) is 0. The van der Waals surface area contributed by atoms with Gasteiger partial charge in [-0.25, -0.2) is 4.39 Å². The molecular formula is C16H16FN5O2. The van der Waals surface area contributed by atoms with E-state index in [1.54, 1.807) is 18.3 Å². The molecule has 1 aliphatic rings. The van der Waals surface area contributed by atoms with Gasteiger partial charge in [0.15, 0.2) is 6.61 Å². The Hall–Kier alpha value is -2.74. The van der Waals surface area contributed by atoms with Crippen LogP contribution in [0.5, 0.6) is 5.75 Å². The molecule has 0 spiro atoms. The summed E-state index contributed by atoms with van der Waals surface area (Å²) in [6, 6.07) is 8.14. The molecule has 1 fully saturated rings. The average Bonchev–Trinajstić information content (AvgIpc) is 3.22. The van der Waals surface area contributed by atoms with Crippen molar-refractivity contribution in [2.75, 3.05) is 13.1 Å². The number of aromatic nitrogens is 4. The third kappa shape index (κ3) is 3.28. The van der Waals surface area contributed by atoms with Crippen LogP contribution in [0, 0.1) is 5.82 Å². The van der Waals surface area contributed by atoms with Crippen LogP contribution in [0.1, 0.15) is 17.8 Å². The minimum atomic E-state index is -0.299. The van der Waals surface area contributed by atoms with Gasteiger partial charge in [0.05, 0.1) is 12.6 Å². The molecule has 4 rings (SSSR count). The minimum absolute atomic E-state index is 0.186. The summed E-state index contributed by atoms with van der Waals surface area (Å²) in [7, 11) is 0. The Morgan fingerprint density at radius 3 is 2.83 bits per heavy atom. The van der Waals surface area contributed by atoms with E-state index in [9.17, 15) is 4.39 Å². The van der Waals surface area contributed by atoms with Crippen LogP contribution in [0.3, 0.4) is 0 Å². The van der Waals surface area contributed by atoms with Crippen LogP contribution >= 0.6 is 0 Å². The van der Waals surface area contributed by atoms with E-state index in [2.05, 4.69) is 20.1 Å². The maximum Gasteiger partial charge on any atom is 0.240 e. The van der Waals surface area contributed by atoms with Crippen LogP contribution in [0.2, 0.25) is 0 Å². The Labute approximate surface area is 137 Å². The fourth-order valence-electron chi connectivity index (χ4n) is 2.62. The summed E-state index contributed by atoms with van der Waals surface area (Å²) < 4.78 is 25.5. The molecule has 1 aliphatic heterocycles. The monoisotopic (exact) mass is 329 g/mol. The zero-order valence-corrected chi connectivity index (χ0v) is 12.9. The topological polar surface area (TPSA) is 69.2 Å². The van der Waals surface area contributed by atoms with Gasteiger partial charge in [0.2, 0.25) is 11.7 Å². The number of halogens is 1. The highest BCUT2D eigenvalue weighted by molar-refractivity contribution is 5.22. The van der Waals surface area contributed by atoms with Crippen molar-refractivity contribution >= 4 is 0 Å². The van der Waals surface area contributed by atoms with E-state index in [-0.39, 0.29) is 12.4 Å². The van der Waals surface area contributed by atoms with Crippen molar-refractivity contribution < 1.29 is 13.7 Å². The molecule has 0 unspecified atom stereocenters. The third-order valence-corrected chi connectivity index (χ3v) is 3.89. The lowest BCUT2D eigenvalue weighted by Gasteiger charge is -2.38. The van der Waals surface area contributed by atoms with Crippen molar-refractivity contribution in [1.82, 2.24) is 24.8 Å². The standard InChI is InChI=1S/C16H16FN5O2/c17-12-2-4-14(5-3-12)23-11-15-19-16(24-20-15)10-21-8-13(9-21)22-7-1-6-18-22/h1-7,13H,8-11H2. The van der Waals surface area contributed by atoms with Gasteiger partial charge >= 0.3 is 0 Å². The lowest BCUT2D eigenvalue weighted by Crippen LogP contribution is -2.47. The molecule has 124 valence electrons. The smallest absolute Gasteiger partial charge is 0.240 e. The predicted molar refractivity (Wildman–Crippen MR) is 81.6 cm³/mol. The molecule has 0 aliphatic carbocycles. The first-order valence-electron chi connectivity index (χ1n) is 7.67. The first-order chi connectivity index (χ1) is 11.8. The molecule has 24 heavy (non-hydrogen) atoms. The molecule has 0 N–H and O–H groups in total. The maximum atomic E-state index is 12.8. The summed E-state index contributed by atoms with van der Waals surface area (Å²) in [5, 5.41) is 8.14. The summed E-state index contributed by atoms with van der Waals surface area (Å²) in [6.45, 7) is 2.61. The first-order valence-corrected chi connectivity index (χ1v) is 7.67. The van der Waals surface area contributed by atoms with Gasteiger partial charge in [-0.15, -0.1) is 0 Å². The van der Waals surface area contributed by atoms with E-state index in [1.807, 2.05) is 16.9 Å².